The minimum Gasteiger partial charge on any atom is -0.454 e. The number of aromatic nitrogens is 3. The monoisotopic (exact) mass is 586 g/mol. The fourth-order valence-corrected chi connectivity index (χ4v) is 5.24. The number of anilines is 1. The van der Waals surface area contributed by atoms with Crippen molar-refractivity contribution in [3.8, 4) is 22.8 Å². The fourth-order valence-electron chi connectivity index (χ4n) is 4.31. The molecule has 0 spiro atoms. The van der Waals surface area contributed by atoms with Crippen LogP contribution in [0.1, 0.15) is 27.1 Å². The van der Waals surface area contributed by atoms with Gasteiger partial charge < -0.3 is 14.2 Å². The Balaban J connectivity index is 1.09. The number of imide groups is 1. The quantitative estimate of drug-likeness (QED) is 0.169. The van der Waals surface area contributed by atoms with Crippen molar-refractivity contribution in [1.82, 2.24) is 15.2 Å². The smallest absolute Gasteiger partial charge is 0.338 e. The van der Waals surface area contributed by atoms with Crippen molar-refractivity contribution in [3.63, 3.8) is 0 Å². The molecule has 1 saturated heterocycles. The predicted molar refractivity (Wildman–Crippen MR) is 146 cm³/mol. The zero-order valence-corrected chi connectivity index (χ0v) is 22.4. The van der Waals surface area contributed by atoms with E-state index in [0.29, 0.717) is 17.2 Å². The predicted octanol–water partition coefficient (Wildman–Crippen LogP) is 3.87. The van der Waals surface area contributed by atoms with Crippen molar-refractivity contribution in [1.29, 1.82) is 0 Å². The van der Waals surface area contributed by atoms with Gasteiger partial charge >= 0.3 is 5.97 Å². The normalized spacial score (nSPS) is 15.6. The molecule has 3 heterocycles. The summed E-state index contributed by atoms with van der Waals surface area (Å²) in [4.78, 5) is 56.1. The van der Waals surface area contributed by atoms with E-state index in [-0.39, 0.29) is 35.2 Å². The van der Waals surface area contributed by atoms with E-state index in [1.165, 1.54) is 42.6 Å². The highest BCUT2D eigenvalue weighted by Gasteiger charge is 2.41. The van der Waals surface area contributed by atoms with Gasteiger partial charge in [-0.05, 0) is 66.7 Å². The Morgan fingerprint density at radius 1 is 0.976 bits per heavy atom. The second-order valence-electron chi connectivity index (χ2n) is 9.12. The summed E-state index contributed by atoms with van der Waals surface area (Å²) in [6.07, 6.45) is 1.41. The van der Waals surface area contributed by atoms with E-state index in [0.717, 1.165) is 34.4 Å². The lowest BCUT2D eigenvalue weighted by Crippen LogP contribution is -2.31. The number of halogens is 1. The lowest BCUT2D eigenvalue weighted by molar-refractivity contribution is -0.121. The van der Waals surface area contributed by atoms with Gasteiger partial charge in [-0.15, -0.1) is 5.10 Å². The molecule has 1 atom stereocenters. The number of esters is 1. The topological polar surface area (TPSA) is 138 Å². The van der Waals surface area contributed by atoms with Crippen molar-refractivity contribution in [2.45, 2.75) is 16.8 Å². The van der Waals surface area contributed by atoms with Crippen molar-refractivity contribution >= 4 is 41.0 Å². The first kappa shape index (κ1) is 27.0. The molecule has 2 aliphatic rings. The Morgan fingerprint density at radius 3 is 2.50 bits per heavy atom. The minimum atomic E-state index is -0.770. The number of rotatable bonds is 8. The molecule has 0 N–H and O–H groups in total. The van der Waals surface area contributed by atoms with Crippen LogP contribution in [-0.4, -0.2) is 57.4 Å². The second kappa shape index (κ2) is 11.4. The molecule has 210 valence electrons. The van der Waals surface area contributed by atoms with E-state index >= 15 is 0 Å². The first-order chi connectivity index (χ1) is 20.4. The lowest BCUT2D eigenvalue weighted by Gasteiger charge is -2.15. The van der Waals surface area contributed by atoms with Gasteiger partial charge in [-0.3, -0.25) is 14.4 Å². The van der Waals surface area contributed by atoms with Gasteiger partial charge in [0, 0.05) is 17.5 Å². The third kappa shape index (κ3) is 5.54. The van der Waals surface area contributed by atoms with Gasteiger partial charge in [0.05, 0.1) is 23.1 Å². The van der Waals surface area contributed by atoms with Gasteiger partial charge in [-0.25, -0.2) is 19.1 Å². The van der Waals surface area contributed by atoms with Gasteiger partial charge in [-0.1, -0.05) is 11.8 Å². The number of amides is 2. The molecular formula is C29H19FN4O7S. The lowest BCUT2D eigenvalue weighted by atomic mass is 10.1. The van der Waals surface area contributed by atoms with E-state index in [2.05, 4.69) is 15.2 Å². The van der Waals surface area contributed by atoms with Gasteiger partial charge in [-0.2, -0.15) is 5.10 Å². The molecule has 0 aliphatic carbocycles. The molecule has 6 rings (SSSR count). The summed E-state index contributed by atoms with van der Waals surface area (Å²) in [6.45, 7) is -0.385. The highest BCUT2D eigenvalue weighted by atomic mass is 32.2. The van der Waals surface area contributed by atoms with Crippen LogP contribution in [0.3, 0.4) is 0 Å². The average Bonchev–Trinajstić information content (AvgIpc) is 3.59. The third-order valence-corrected chi connectivity index (χ3v) is 7.46. The third-order valence-electron chi connectivity index (χ3n) is 6.42. The number of carbonyl (C=O) groups is 4. The number of ketones is 1. The van der Waals surface area contributed by atoms with Crippen LogP contribution in [0.5, 0.6) is 11.5 Å². The summed E-state index contributed by atoms with van der Waals surface area (Å²) < 4.78 is 28.9. The molecule has 0 radical (unpaired) electrons. The van der Waals surface area contributed by atoms with E-state index < -0.39 is 41.2 Å². The number of carbonyl (C=O) groups excluding carboxylic acids is 4. The molecule has 2 aliphatic heterocycles. The highest BCUT2D eigenvalue weighted by Crippen LogP contribution is 2.36. The summed E-state index contributed by atoms with van der Waals surface area (Å²) in [5.74, 6) is -1.40. The van der Waals surface area contributed by atoms with E-state index in [4.69, 9.17) is 14.2 Å². The van der Waals surface area contributed by atoms with Crippen LogP contribution in [0.25, 0.3) is 11.3 Å². The van der Waals surface area contributed by atoms with Crippen LogP contribution in [0.2, 0.25) is 0 Å². The number of thioether (sulfide) groups is 1. The van der Waals surface area contributed by atoms with Crippen molar-refractivity contribution in [2.24, 2.45) is 0 Å². The number of fused-ring (bicyclic) bond motifs is 1. The molecule has 13 heteroatoms. The molecular weight excluding hydrogens is 567 g/mol. The number of nitrogens with zero attached hydrogens (tertiary/aromatic N) is 4. The van der Waals surface area contributed by atoms with Gasteiger partial charge in [0.1, 0.15) is 11.1 Å². The number of hydrogen-bond donors (Lipinski definition) is 0. The van der Waals surface area contributed by atoms with Crippen LogP contribution in [0.4, 0.5) is 10.1 Å². The number of ether oxygens (including phenoxy) is 3. The van der Waals surface area contributed by atoms with Crippen molar-refractivity contribution in [2.75, 3.05) is 18.3 Å². The molecule has 1 aromatic heterocycles. The van der Waals surface area contributed by atoms with Crippen LogP contribution in [0.15, 0.2) is 78.1 Å². The van der Waals surface area contributed by atoms with Gasteiger partial charge in [0.25, 0.3) is 0 Å². The summed E-state index contributed by atoms with van der Waals surface area (Å²) in [7, 11) is 0. The zero-order valence-electron chi connectivity index (χ0n) is 21.6. The van der Waals surface area contributed by atoms with Crippen LogP contribution >= 0.6 is 11.8 Å². The van der Waals surface area contributed by atoms with E-state index in [1.54, 1.807) is 18.2 Å². The first-order valence-corrected chi connectivity index (χ1v) is 13.4. The van der Waals surface area contributed by atoms with E-state index in [1.807, 2.05) is 0 Å². The molecule has 42 heavy (non-hydrogen) atoms. The molecule has 0 bridgehead atoms. The average molecular weight is 587 g/mol. The number of benzene rings is 3. The molecule has 1 fully saturated rings. The SMILES string of the molecule is O=C(COC(=O)c1ccc(N2C(=O)CC(Sc3nncc(-c4ccc5c(c4)OCO5)n3)C2=O)cc1)c1ccc(F)cc1. The highest BCUT2D eigenvalue weighted by molar-refractivity contribution is 8.00. The minimum absolute atomic E-state index is 0.0730. The molecule has 2 amide bonds. The first-order valence-electron chi connectivity index (χ1n) is 12.5. The summed E-state index contributed by atoms with van der Waals surface area (Å²) >= 11 is 1.03. The zero-order chi connectivity index (χ0) is 29.2. The second-order valence-corrected chi connectivity index (χ2v) is 10.3. The maximum atomic E-state index is 13.2. The Morgan fingerprint density at radius 2 is 1.71 bits per heavy atom. The standard InChI is InChI=1S/C29H19FN4O7S/c30-19-6-1-16(2-7-19)22(35)14-39-28(38)17-3-8-20(9-4-17)34-26(36)12-25(27(34)37)42-29-32-21(13-31-33-29)18-5-10-23-24(11-18)41-15-40-23/h1-11,13,25H,12,14-15H2. The van der Waals surface area contributed by atoms with Crippen LogP contribution in [-0.2, 0) is 14.3 Å². The Labute approximate surface area is 241 Å². The molecule has 4 aromatic rings. The largest absolute Gasteiger partial charge is 0.454 e. The maximum absolute atomic E-state index is 13.2. The number of Topliss-reactive ketones (excluding diaryl/α,β-unsaturated/α-hetero) is 1. The number of hydrogen-bond acceptors (Lipinski definition) is 11. The van der Waals surface area contributed by atoms with Crippen LogP contribution < -0.4 is 14.4 Å². The maximum Gasteiger partial charge on any atom is 0.338 e. The van der Waals surface area contributed by atoms with Gasteiger partial charge in [0.2, 0.25) is 23.8 Å². The summed E-state index contributed by atoms with van der Waals surface area (Å²) in [6, 6.07) is 15.9. The fraction of sp³-hybridized carbons (Fsp3) is 0.138. The molecule has 1 unspecified atom stereocenters. The molecule has 3 aromatic carbocycles. The Bertz CT molecular complexity index is 1720. The van der Waals surface area contributed by atoms with Crippen molar-refractivity contribution in [3.05, 3.63) is 89.9 Å². The van der Waals surface area contributed by atoms with Crippen molar-refractivity contribution < 1.29 is 37.8 Å². The molecule has 0 saturated carbocycles. The summed E-state index contributed by atoms with van der Waals surface area (Å²) in [5, 5.41) is 7.47. The van der Waals surface area contributed by atoms with E-state index in [9.17, 15) is 23.6 Å². The molecule has 11 nitrogen and oxygen atoms in total. The van der Waals surface area contributed by atoms with Crippen LogP contribution in [0, 0.1) is 5.82 Å². The Kier molecular flexibility index (Phi) is 7.32. The Hall–Kier alpha value is -5.17. The van der Waals surface area contributed by atoms with Gasteiger partial charge in [0.15, 0.2) is 23.9 Å². The summed E-state index contributed by atoms with van der Waals surface area (Å²) in [5.41, 5.74) is 1.85.